The van der Waals surface area contributed by atoms with Crippen molar-refractivity contribution in [1.82, 2.24) is 5.43 Å². The number of rotatable bonds is 6. The highest BCUT2D eigenvalue weighted by Crippen LogP contribution is 2.27. The van der Waals surface area contributed by atoms with E-state index in [4.69, 9.17) is 4.42 Å². The highest BCUT2D eigenvalue weighted by atomic mass is 79.9. The molecule has 2 N–H and O–H groups in total. The van der Waals surface area contributed by atoms with Crippen LogP contribution in [0.2, 0.25) is 0 Å². The summed E-state index contributed by atoms with van der Waals surface area (Å²) >= 11 is 3.53. The highest BCUT2D eigenvalue weighted by molar-refractivity contribution is 9.10. The SMILES string of the molecule is Cc1ccc(-c2ccc(/C=N\NC(=O)CNc3cccc4ccccc34)o2)cc1Br. The third kappa shape index (κ3) is 4.60. The third-order valence-electron chi connectivity index (χ3n) is 4.69. The summed E-state index contributed by atoms with van der Waals surface area (Å²) in [5.74, 6) is 1.05. The molecular weight excluding hydrogens is 442 g/mol. The number of nitrogens with one attached hydrogen (secondary N) is 2. The molecule has 4 rings (SSSR count). The Morgan fingerprint density at radius 3 is 2.77 bits per heavy atom. The molecule has 6 heteroatoms. The van der Waals surface area contributed by atoms with Gasteiger partial charge in [0.2, 0.25) is 0 Å². The van der Waals surface area contributed by atoms with E-state index in [1.165, 1.54) is 6.21 Å². The van der Waals surface area contributed by atoms with Gasteiger partial charge in [0, 0.05) is 21.1 Å². The Labute approximate surface area is 182 Å². The molecule has 0 unspecified atom stereocenters. The molecule has 0 fully saturated rings. The van der Waals surface area contributed by atoms with Crippen LogP contribution in [0.1, 0.15) is 11.3 Å². The standard InChI is InChI=1S/C24H20BrN3O2/c1-16-9-10-18(13-21(16)25)23-12-11-19(30-23)14-27-28-24(29)15-26-22-8-4-6-17-5-2-3-7-20(17)22/h2-14,26H,15H2,1H3,(H,28,29)/b27-14-. The molecule has 0 bridgehead atoms. The molecular formula is C24H20BrN3O2. The zero-order valence-electron chi connectivity index (χ0n) is 16.4. The summed E-state index contributed by atoms with van der Waals surface area (Å²) in [7, 11) is 0. The number of carbonyl (C=O) groups excluding carboxylic acids is 1. The van der Waals surface area contributed by atoms with Crippen LogP contribution in [0, 0.1) is 6.92 Å². The Bertz CT molecular complexity index is 1220. The van der Waals surface area contributed by atoms with Gasteiger partial charge in [-0.15, -0.1) is 0 Å². The number of carbonyl (C=O) groups is 1. The van der Waals surface area contributed by atoms with Crippen molar-refractivity contribution in [1.29, 1.82) is 0 Å². The second kappa shape index (κ2) is 8.97. The molecule has 3 aromatic carbocycles. The smallest absolute Gasteiger partial charge is 0.259 e. The molecule has 0 spiro atoms. The number of amides is 1. The minimum atomic E-state index is -0.242. The van der Waals surface area contributed by atoms with Gasteiger partial charge >= 0.3 is 0 Å². The van der Waals surface area contributed by atoms with Crippen molar-refractivity contribution in [3.8, 4) is 11.3 Å². The number of fused-ring (bicyclic) bond motifs is 1. The Kier molecular flexibility index (Phi) is 5.95. The summed E-state index contributed by atoms with van der Waals surface area (Å²) in [6.45, 7) is 2.15. The van der Waals surface area contributed by atoms with E-state index in [2.05, 4.69) is 31.8 Å². The molecule has 0 radical (unpaired) electrons. The lowest BCUT2D eigenvalue weighted by Gasteiger charge is -2.08. The number of benzene rings is 3. The minimum Gasteiger partial charge on any atom is -0.455 e. The molecule has 0 aliphatic carbocycles. The molecule has 1 heterocycles. The second-order valence-corrected chi connectivity index (χ2v) is 7.69. The van der Waals surface area contributed by atoms with Crippen molar-refractivity contribution < 1.29 is 9.21 Å². The zero-order chi connectivity index (χ0) is 20.9. The second-order valence-electron chi connectivity index (χ2n) is 6.84. The largest absolute Gasteiger partial charge is 0.455 e. The third-order valence-corrected chi connectivity index (χ3v) is 5.55. The van der Waals surface area contributed by atoms with E-state index in [1.807, 2.05) is 79.7 Å². The molecule has 0 saturated carbocycles. The fourth-order valence-electron chi connectivity index (χ4n) is 3.09. The van der Waals surface area contributed by atoms with Crippen molar-refractivity contribution in [2.75, 3.05) is 11.9 Å². The predicted molar refractivity (Wildman–Crippen MR) is 125 cm³/mol. The normalized spacial score (nSPS) is 11.1. The summed E-state index contributed by atoms with van der Waals surface area (Å²) in [6, 6.07) is 23.7. The van der Waals surface area contributed by atoms with E-state index in [-0.39, 0.29) is 12.5 Å². The van der Waals surface area contributed by atoms with Crippen LogP contribution in [0.3, 0.4) is 0 Å². The van der Waals surface area contributed by atoms with Crippen molar-refractivity contribution in [2.45, 2.75) is 6.92 Å². The summed E-state index contributed by atoms with van der Waals surface area (Å²) in [5, 5.41) is 9.34. The fourth-order valence-corrected chi connectivity index (χ4v) is 3.46. The molecule has 30 heavy (non-hydrogen) atoms. The number of furan rings is 1. The maximum atomic E-state index is 12.1. The lowest BCUT2D eigenvalue weighted by atomic mass is 10.1. The molecule has 0 aliphatic heterocycles. The van der Waals surface area contributed by atoms with Crippen LogP contribution in [0.25, 0.3) is 22.1 Å². The number of nitrogens with zero attached hydrogens (tertiary/aromatic N) is 1. The molecule has 1 amide bonds. The number of halogens is 1. The Morgan fingerprint density at radius 1 is 1.07 bits per heavy atom. The predicted octanol–water partition coefficient (Wildman–Crippen LogP) is 5.73. The van der Waals surface area contributed by atoms with Crippen molar-refractivity contribution in [3.63, 3.8) is 0 Å². The molecule has 5 nitrogen and oxygen atoms in total. The van der Waals surface area contributed by atoms with E-state index >= 15 is 0 Å². The van der Waals surface area contributed by atoms with Crippen LogP contribution in [0.5, 0.6) is 0 Å². The number of anilines is 1. The number of hydrogen-bond donors (Lipinski definition) is 2. The van der Waals surface area contributed by atoms with Crippen LogP contribution in [0.15, 0.2) is 86.8 Å². The lowest BCUT2D eigenvalue weighted by Crippen LogP contribution is -2.25. The first-order valence-corrected chi connectivity index (χ1v) is 10.3. The van der Waals surface area contributed by atoms with Gasteiger partial charge in [-0.2, -0.15) is 5.10 Å². The number of hydrazone groups is 1. The van der Waals surface area contributed by atoms with Gasteiger partial charge in [0.15, 0.2) is 0 Å². The van der Waals surface area contributed by atoms with E-state index in [0.717, 1.165) is 37.8 Å². The summed E-state index contributed by atoms with van der Waals surface area (Å²) < 4.78 is 6.81. The average Bonchev–Trinajstić information content (AvgIpc) is 3.23. The number of aryl methyl sites for hydroxylation is 1. The molecule has 150 valence electrons. The van der Waals surface area contributed by atoms with Crippen molar-refractivity contribution in [3.05, 3.63) is 88.6 Å². The van der Waals surface area contributed by atoms with Gasteiger partial charge in [0.05, 0.1) is 12.8 Å². The van der Waals surface area contributed by atoms with Crippen LogP contribution in [0.4, 0.5) is 5.69 Å². The molecule has 0 atom stereocenters. The van der Waals surface area contributed by atoms with Crippen molar-refractivity contribution >= 4 is 44.5 Å². The van der Waals surface area contributed by atoms with Gasteiger partial charge in [0.25, 0.3) is 5.91 Å². The topological polar surface area (TPSA) is 66.6 Å². The monoisotopic (exact) mass is 461 g/mol. The van der Waals surface area contributed by atoms with Gasteiger partial charge in [-0.25, -0.2) is 5.43 Å². The maximum Gasteiger partial charge on any atom is 0.259 e. The van der Waals surface area contributed by atoms with E-state index in [9.17, 15) is 4.79 Å². The zero-order valence-corrected chi connectivity index (χ0v) is 17.9. The van der Waals surface area contributed by atoms with Crippen LogP contribution in [-0.2, 0) is 4.79 Å². The first-order valence-electron chi connectivity index (χ1n) is 9.50. The Morgan fingerprint density at radius 2 is 1.90 bits per heavy atom. The summed E-state index contributed by atoms with van der Waals surface area (Å²) in [4.78, 5) is 12.1. The number of hydrogen-bond acceptors (Lipinski definition) is 4. The summed E-state index contributed by atoms with van der Waals surface area (Å²) in [5.41, 5.74) is 5.55. The van der Waals surface area contributed by atoms with Gasteiger partial charge < -0.3 is 9.73 Å². The first-order chi connectivity index (χ1) is 14.6. The van der Waals surface area contributed by atoms with Gasteiger partial charge in [0.1, 0.15) is 11.5 Å². The fraction of sp³-hybridized carbons (Fsp3) is 0.0833. The van der Waals surface area contributed by atoms with E-state index in [0.29, 0.717) is 5.76 Å². The van der Waals surface area contributed by atoms with Crippen LogP contribution < -0.4 is 10.7 Å². The van der Waals surface area contributed by atoms with E-state index in [1.54, 1.807) is 0 Å². The van der Waals surface area contributed by atoms with Gasteiger partial charge in [-0.3, -0.25) is 4.79 Å². The van der Waals surface area contributed by atoms with Crippen molar-refractivity contribution in [2.24, 2.45) is 5.10 Å². The van der Waals surface area contributed by atoms with Crippen LogP contribution in [-0.4, -0.2) is 18.7 Å². The Balaban J connectivity index is 1.34. The van der Waals surface area contributed by atoms with Gasteiger partial charge in [-0.05, 0) is 42.1 Å². The maximum absolute atomic E-state index is 12.1. The average molecular weight is 462 g/mol. The van der Waals surface area contributed by atoms with Crippen LogP contribution >= 0.6 is 15.9 Å². The molecule has 0 saturated heterocycles. The van der Waals surface area contributed by atoms with E-state index < -0.39 is 0 Å². The van der Waals surface area contributed by atoms with Gasteiger partial charge in [-0.1, -0.05) is 64.5 Å². The lowest BCUT2D eigenvalue weighted by molar-refractivity contribution is -0.119. The molecule has 0 aliphatic rings. The molecule has 4 aromatic rings. The quantitative estimate of drug-likeness (QED) is 0.284. The minimum absolute atomic E-state index is 0.117. The summed E-state index contributed by atoms with van der Waals surface area (Å²) in [6.07, 6.45) is 1.49. The first kappa shape index (κ1) is 19.9. The molecule has 1 aromatic heterocycles. The highest BCUT2D eigenvalue weighted by Gasteiger charge is 2.06. The Hall–Kier alpha value is -3.38.